The Bertz CT molecular complexity index is 1080. The molecule has 2 heterocycles. The molecule has 2 aromatic carbocycles. The third kappa shape index (κ3) is 5.03. The zero-order chi connectivity index (χ0) is 22.0. The highest BCUT2D eigenvalue weighted by Crippen LogP contribution is 2.29. The van der Waals surface area contributed by atoms with E-state index in [0.717, 1.165) is 18.8 Å². The van der Waals surface area contributed by atoms with Gasteiger partial charge in [0.2, 0.25) is 5.91 Å². The molecule has 0 spiro atoms. The summed E-state index contributed by atoms with van der Waals surface area (Å²) in [4.78, 5) is 28.1. The summed E-state index contributed by atoms with van der Waals surface area (Å²) in [5, 5.41) is 3.83. The number of furan rings is 1. The number of carbonyl (C=O) groups is 2. The smallest absolute Gasteiger partial charge is 0.291 e. The molecule has 1 aliphatic heterocycles. The molecule has 1 saturated heterocycles. The van der Waals surface area contributed by atoms with Crippen molar-refractivity contribution in [1.29, 1.82) is 0 Å². The summed E-state index contributed by atoms with van der Waals surface area (Å²) in [5.41, 5.74) is 2.42. The van der Waals surface area contributed by atoms with Crippen molar-refractivity contribution in [2.45, 2.75) is 6.92 Å². The van der Waals surface area contributed by atoms with Gasteiger partial charge < -0.3 is 19.5 Å². The van der Waals surface area contributed by atoms with Crippen LogP contribution in [0.1, 0.15) is 17.5 Å². The highest BCUT2D eigenvalue weighted by Gasteiger charge is 2.19. The van der Waals surface area contributed by atoms with Crippen LogP contribution in [0, 0.1) is 0 Å². The second-order valence-electron chi connectivity index (χ2n) is 7.32. The van der Waals surface area contributed by atoms with E-state index in [9.17, 15) is 9.59 Å². The second-order valence-corrected chi connectivity index (χ2v) is 8.19. The number of halogens is 2. The van der Waals surface area contributed by atoms with Gasteiger partial charge in [0.05, 0.1) is 0 Å². The fourth-order valence-corrected chi connectivity index (χ4v) is 4.07. The lowest BCUT2D eigenvalue weighted by atomic mass is 10.2. The molecule has 0 saturated carbocycles. The summed E-state index contributed by atoms with van der Waals surface area (Å²) >= 11 is 12.1. The minimum atomic E-state index is -0.345. The van der Waals surface area contributed by atoms with Gasteiger partial charge in [0, 0.05) is 60.1 Å². The number of amides is 2. The Morgan fingerprint density at radius 3 is 2.16 bits per heavy atom. The first-order chi connectivity index (χ1) is 14.9. The minimum Gasteiger partial charge on any atom is -0.451 e. The maximum absolute atomic E-state index is 12.6. The van der Waals surface area contributed by atoms with Gasteiger partial charge in [-0.15, -0.1) is 0 Å². The third-order valence-corrected chi connectivity index (χ3v) is 5.63. The topological polar surface area (TPSA) is 65.8 Å². The molecule has 6 nitrogen and oxygen atoms in total. The third-order valence-electron chi connectivity index (χ3n) is 5.19. The van der Waals surface area contributed by atoms with Crippen LogP contribution in [0.2, 0.25) is 10.0 Å². The lowest BCUT2D eigenvalue weighted by Crippen LogP contribution is -2.48. The zero-order valence-corrected chi connectivity index (χ0v) is 18.4. The number of piperazine rings is 1. The van der Waals surface area contributed by atoms with Gasteiger partial charge in [0.25, 0.3) is 5.91 Å². The van der Waals surface area contributed by atoms with Crippen molar-refractivity contribution in [1.82, 2.24) is 4.90 Å². The number of carbonyl (C=O) groups excluding carboxylic acids is 2. The Morgan fingerprint density at radius 2 is 1.55 bits per heavy atom. The lowest BCUT2D eigenvalue weighted by molar-refractivity contribution is -0.129. The van der Waals surface area contributed by atoms with Crippen LogP contribution in [-0.4, -0.2) is 42.9 Å². The van der Waals surface area contributed by atoms with E-state index >= 15 is 0 Å². The number of nitrogens with one attached hydrogen (secondary N) is 1. The van der Waals surface area contributed by atoms with Crippen molar-refractivity contribution in [2.24, 2.45) is 0 Å². The monoisotopic (exact) mass is 457 g/mol. The number of anilines is 2. The van der Waals surface area contributed by atoms with E-state index in [1.807, 2.05) is 29.2 Å². The van der Waals surface area contributed by atoms with Crippen LogP contribution >= 0.6 is 23.2 Å². The summed E-state index contributed by atoms with van der Waals surface area (Å²) in [6.07, 6.45) is 0. The summed E-state index contributed by atoms with van der Waals surface area (Å²) in [7, 11) is 0. The van der Waals surface area contributed by atoms with Gasteiger partial charge in [-0.2, -0.15) is 0 Å². The van der Waals surface area contributed by atoms with Crippen molar-refractivity contribution in [3.05, 3.63) is 70.4 Å². The Hall–Kier alpha value is -2.96. The van der Waals surface area contributed by atoms with E-state index in [1.54, 1.807) is 37.3 Å². The average molecular weight is 458 g/mol. The van der Waals surface area contributed by atoms with Gasteiger partial charge >= 0.3 is 0 Å². The highest BCUT2D eigenvalue weighted by atomic mass is 35.5. The number of rotatable bonds is 4. The Balaban J connectivity index is 1.39. The van der Waals surface area contributed by atoms with Gasteiger partial charge in [-0.25, -0.2) is 0 Å². The molecule has 31 heavy (non-hydrogen) atoms. The molecular formula is C23H21Cl2N3O3. The molecule has 1 N–H and O–H groups in total. The summed E-state index contributed by atoms with van der Waals surface area (Å²) in [5.74, 6) is 0.463. The van der Waals surface area contributed by atoms with Crippen LogP contribution < -0.4 is 10.2 Å². The van der Waals surface area contributed by atoms with E-state index in [0.29, 0.717) is 40.1 Å². The normalized spacial score (nSPS) is 13.9. The predicted molar refractivity (Wildman–Crippen MR) is 123 cm³/mol. The molecule has 0 radical (unpaired) electrons. The molecule has 0 bridgehead atoms. The van der Waals surface area contributed by atoms with Gasteiger partial charge in [0.15, 0.2) is 5.76 Å². The molecule has 1 aliphatic rings. The van der Waals surface area contributed by atoms with Crippen molar-refractivity contribution < 1.29 is 14.0 Å². The number of nitrogens with zero attached hydrogens (tertiary/aromatic N) is 2. The fourth-order valence-electron chi connectivity index (χ4n) is 3.54. The zero-order valence-electron chi connectivity index (χ0n) is 16.9. The Kier molecular flexibility index (Phi) is 6.20. The summed E-state index contributed by atoms with van der Waals surface area (Å²) < 4.78 is 5.69. The molecule has 4 rings (SSSR count). The number of hydrogen-bond acceptors (Lipinski definition) is 4. The SMILES string of the molecule is CC(=O)N1CCN(c2ccc(NC(=O)c3ccc(-c4cc(Cl)cc(Cl)c4)o3)cc2)CC1. The van der Waals surface area contributed by atoms with Crippen LogP contribution in [0.25, 0.3) is 11.3 Å². The largest absolute Gasteiger partial charge is 0.451 e. The van der Waals surface area contributed by atoms with Gasteiger partial charge in [-0.05, 0) is 54.6 Å². The molecule has 3 aromatic rings. The Labute approximate surface area is 190 Å². The standard InChI is InChI=1S/C23H21Cl2N3O3/c1-15(29)27-8-10-28(11-9-27)20-4-2-19(3-5-20)26-23(30)22-7-6-21(31-22)16-12-17(24)14-18(25)13-16/h2-7,12-14H,8-11H2,1H3,(H,26,30). The van der Waals surface area contributed by atoms with E-state index in [-0.39, 0.29) is 17.6 Å². The van der Waals surface area contributed by atoms with Gasteiger partial charge in [0.1, 0.15) is 5.76 Å². The molecular weight excluding hydrogens is 437 g/mol. The second kappa shape index (κ2) is 9.04. The van der Waals surface area contributed by atoms with Crippen LogP contribution in [0.4, 0.5) is 11.4 Å². The fraction of sp³-hybridized carbons (Fsp3) is 0.217. The maximum Gasteiger partial charge on any atom is 0.291 e. The molecule has 2 amide bonds. The van der Waals surface area contributed by atoms with E-state index in [4.69, 9.17) is 27.6 Å². The Morgan fingerprint density at radius 1 is 0.903 bits per heavy atom. The first kappa shape index (κ1) is 21.3. The van der Waals surface area contributed by atoms with Crippen molar-refractivity contribution in [2.75, 3.05) is 36.4 Å². The number of benzene rings is 2. The summed E-state index contributed by atoms with van der Waals surface area (Å²) in [6, 6.07) is 16.0. The summed E-state index contributed by atoms with van der Waals surface area (Å²) in [6.45, 7) is 4.60. The van der Waals surface area contributed by atoms with Crippen molar-refractivity contribution in [3.8, 4) is 11.3 Å². The van der Waals surface area contributed by atoms with E-state index in [1.165, 1.54) is 0 Å². The number of hydrogen-bond donors (Lipinski definition) is 1. The van der Waals surface area contributed by atoms with Gasteiger partial charge in [-0.1, -0.05) is 23.2 Å². The molecule has 160 valence electrons. The average Bonchev–Trinajstić information content (AvgIpc) is 3.24. The molecule has 0 atom stereocenters. The minimum absolute atomic E-state index is 0.109. The van der Waals surface area contributed by atoms with Crippen LogP contribution in [0.15, 0.2) is 59.0 Å². The van der Waals surface area contributed by atoms with Crippen LogP contribution in [0.3, 0.4) is 0 Å². The van der Waals surface area contributed by atoms with Crippen LogP contribution in [-0.2, 0) is 4.79 Å². The van der Waals surface area contributed by atoms with Crippen molar-refractivity contribution >= 4 is 46.4 Å². The molecule has 8 heteroatoms. The first-order valence-electron chi connectivity index (χ1n) is 9.87. The predicted octanol–water partition coefficient (Wildman–Crippen LogP) is 5.17. The van der Waals surface area contributed by atoms with E-state index in [2.05, 4.69) is 10.2 Å². The first-order valence-corrected chi connectivity index (χ1v) is 10.6. The quantitative estimate of drug-likeness (QED) is 0.586. The molecule has 0 aliphatic carbocycles. The highest BCUT2D eigenvalue weighted by molar-refractivity contribution is 6.35. The molecule has 1 aromatic heterocycles. The van der Waals surface area contributed by atoms with Crippen LogP contribution in [0.5, 0.6) is 0 Å². The van der Waals surface area contributed by atoms with Crippen molar-refractivity contribution in [3.63, 3.8) is 0 Å². The molecule has 1 fully saturated rings. The maximum atomic E-state index is 12.6. The van der Waals surface area contributed by atoms with Gasteiger partial charge in [-0.3, -0.25) is 9.59 Å². The molecule has 0 unspecified atom stereocenters. The lowest BCUT2D eigenvalue weighted by Gasteiger charge is -2.35. The van der Waals surface area contributed by atoms with E-state index < -0.39 is 0 Å².